The van der Waals surface area contributed by atoms with Crippen molar-refractivity contribution in [2.75, 3.05) is 0 Å². The molecule has 0 aliphatic heterocycles. The first-order valence-electron chi connectivity index (χ1n) is 9.50. The minimum Gasteiger partial charge on any atom is -0.458 e. The van der Waals surface area contributed by atoms with Crippen molar-refractivity contribution in [2.24, 2.45) is 5.73 Å². The van der Waals surface area contributed by atoms with Gasteiger partial charge in [-0.05, 0) is 60.1 Å². The van der Waals surface area contributed by atoms with Gasteiger partial charge in [0.15, 0.2) is 0 Å². The van der Waals surface area contributed by atoms with Gasteiger partial charge >= 0.3 is 18.0 Å². The second-order valence-corrected chi connectivity index (χ2v) is 9.15. The lowest BCUT2D eigenvalue weighted by atomic mass is 10.1. The van der Waals surface area contributed by atoms with E-state index >= 15 is 0 Å². The molecule has 1 atom stereocenters. The maximum atomic E-state index is 12.4. The summed E-state index contributed by atoms with van der Waals surface area (Å²) in [6.07, 6.45) is -0.550. The molecule has 166 valence electrons. The molecule has 0 aromatic heterocycles. The van der Waals surface area contributed by atoms with Crippen molar-refractivity contribution in [2.45, 2.75) is 71.6 Å². The van der Waals surface area contributed by atoms with E-state index in [2.05, 4.69) is 5.32 Å². The van der Waals surface area contributed by atoms with Gasteiger partial charge in [-0.15, -0.1) is 0 Å². The zero-order valence-corrected chi connectivity index (χ0v) is 19.1. The molecule has 3 N–H and O–H groups in total. The standard InChI is InChI=1S/C21H30N2O6S/c1-20(2,3)28-17(24)13-9-7-8-10-15(13)27-19(26)23-14(11-12-16(22)30)18(25)29-21(4,5)6/h7-10,14H,11-12H2,1-6H3,(H2,22,30)(H,23,26). The van der Waals surface area contributed by atoms with Crippen molar-refractivity contribution in [1.82, 2.24) is 5.32 Å². The van der Waals surface area contributed by atoms with Crippen LogP contribution in [0.5, 0.6) is 5.75 Å². The number of amides is 1. The maximum absolute atomic E-state index is 12.4. The summed E-state index contributed by atoms with van der Waals surface area (Å²) in [4.78, 5) is 37.5. The third kappa shape index (κ3) is 9.69. The van der Waals surface area contributed by atoms with Crippen LogP contribution in [-0.2, 0) is 14.3 Å². The van der Waals surface area contributed by atoms with Gasteiger partial charge in [0, 0.05) is 6.42 Å². The Hall–Kier alpha value is -2.68. The molecule has 0 bridgehead atoms. The van der Waals surface area contributed by atoms with Crippen molar-refractivity contribution in [3.63, 3.8) is 0 Å². The Bertz CT molecular complexity index is 795. The van der Waals surface area contributed by atoms with Gasteiger partial charge in [0.2, 0.25) is 0 Å². The molecule has 0 radical (unpaired) electrons. The molecule has 1 amide bonds. The third-order valence-electron chi connectivity index (χ3n) is 3.37. The molecule has 0 spiro atoms. The Morgan fingerprint density at radius 1 is 1.03 bits per heavy atom. The first kappa shape index (κ1) is 25.4. The summed E-state index contributed by atoms with van der Waals surface area (Å²) in [7, 11) is 0. The van der Waals surface area contributed by atoms with Crippen molar-refractivity contribution >= 4 is 35.2 Å². The van der Waals surface area contributed by atoms with E-state index in [0.29, 0.717) is 0 Å². The van der Waals surface area contributed by atoms with Crippen molar-refractivity contribution in [3.8, 4) is 5.75 Å². The van der Waals surface area contributed by atoms with Gasteiger partial charge in [-0.3, -0.25) is 0 Å². The molecule has 0 heterocycles. The number of hydrogen-bond donors (Lipinski definition) is 2. The highest BCUT2D eigenvalue weighted by atomic mass is 32.1. The van der Waals surface area contributed by atoms with Crippen molar-refractivity contribution < 1.29 is 28.6 Å². The largest absolute Gasteiger partial charge is 0.458 e. The van der Waals surface area contributed by atoms with E-state index in [1.807, 2.05) is 0 Å². The molecule has 0 saturated carbocycles. The van der Waals surface area contributed by atoms with E-state index in [-0.39, 0.29) is 29.1 Å². The average molecular weight is 439 g/mol. The number of para-hydroxylation sites is 1. The molecule has 0 saturated heterocycles. The van der Waals surface area contributed by atoms with E-state index < -0.39 is 35.3 Å². The summed E-state index contributed by atoms with van der Waals surface area (Å²) in [6, 6.07) is 5.14. The zero-order chi connectivity index (χ0) is 23.1. The van der Waals surface area contributed by atoms with Crippen LogP contribution in [0.3, 0.4) is 0 Å². The molecule has 0 aliphatic rings. The van der Waals surface area contributed by atoms with E-state index in [1.165, 1.54) is 12.1 Å². The average Bonchev–Trinajstić information content (AvgIpc) is 2.55. The Morgan fingerprint density at radius 2 is 1.60 bits per heavy atom. The lowest BCUT2D eigenvalue weighted by Gasteiger charge is -2.24. The van der Waals surface area contributed by atoms with Gasteiger partial charge in [0.1, 0.15) is 28.6 Å². The Morgan fingerprint density at radius 3 is 2.13 bits per heavy atom. The molecule has 8 nitrogen and oxygen atoms in total. The smallest absolute Gasteiger partial charge is 0.413 e. The Balaban J connectivity index is 2.94. The minimum atomic E-state index is -1.02. The van der Waals surface area contributed by atoms with Crippen LogP contribution in [-0.4, -0.2) is 40.3 Å². The molecule has 0 fully saturated rings. The monoisotopic (exact) mass is 438 g/mol. The number of carbonyl (C=O) groups is 3. The highest BCUT2D eigenvalue weighted by molar-refractivity contribution is 7.80. The molecular formula is C21H30N2O6S. The summed E-state index contributed by atoms with van der Waals surface area (Å²) in [5, 5.41) is 2.45. The normalized spacial score (nSPS) is 12.5. The van der Waals surface area contributed by atoms with Gasteiger partial charge < -0.3 is 25.3 Å². The number of nitrogens with two attached hydrogens (primary N) is 1. The molecule has 1 aromatic rings. The highest BCUT2D eigenvalue weighted by Gasteiger charge is 2.28. The highest BCUT2D eigenvalue weighted by Crippen LogP contribution is 2.22. The number of thiocarbonyl (C=S) groups is 1. The molecule has 9 heteroatoms. The van der Waals surface area contributed by atoms with Crippen molar-refractivity contribution in [3.05, 3.63) is 29.8 Å². The van der Waals surface area contributed by atoms with E-state index in [9.17, 15) is 14.4 Å². The summed E-state index contributed by atoms with van der Waals surface area (Å²) in [5.41, 5.74) is 4.14. The molecule has 0 aliphatic carbocycles. The predicted octanol–water partition coefficient (Wildman–Crippen LogP) is 3.51. The first-order chi connectivity index (χ1) is 13.7. The van der Waals surface area contributed by atoms with Gasteiger partial charge in [0.25, 0.3) is 0 Å². The number of esters is 2. The number of ether oxygens (including phenoxy) is 3. The Kier molecular flexibility index (Phi) is 8.77. The van der Waals surface area contributed by atoms with Crippen LogP contribution in [0.15, 0.2) is 24.3 Å². The quantitative estimate of drug-likeness (QED) is 0.491. The molecule has 1 rings (SSSR count). The number of rotatable bonds is 7. The fourth-order valence-electron chi connectivity index (χ4n) is 2.24. The van der Waals surface area contributed by atoms with Crippen LogP contribution in [0.2, 0.25) is 0 Å². The Labute approximate surface area is 182 Å². The number of hydrogen-bond acceptors (Lipinski definition) is 7. The summed E-state index contributed by atoms with van der Waals surface area (Å²) in [5.74, 6) is -1.28. The van der Waals surface area contributed by atoms with E-state index in [4.69, 9.17) is 32.2 Å². The third-order valence-corrected chi connectivity index (χ3v) is 3.58. The zero-order valence-electron chi connectivity index (χ0n) is 18.2. The van der Waals surface area contributed by atoms with Crippen LogP contribution in [0, 0.1) is 0 Å². The summed E-state index contributed by atoms with van der Waals surface area (Å²) >= 11 is 4.85. The van der Waals surface area contributed by atoms with Gasteiger partial charge in [0.05, 0.1) is 4.99 Å². The topological polar surface area (TPSA) is 117 Å². The van der Waals surface area contributed by atoms with Crippen molar-refractivity contribution in [1.29, 1.82) is 0 Å². The van der Waals surface area contributed by atoms with Gasteiger partial charge in [-0.25, -0.2) is 14.4 Å². The summed E-state index contributed by atoms with van der Waals surface area (Å²) in [6.45, 7) is 10.3. The molecule has 1 unspecified atom stereocenters. The van der Waals surface area contributed by atoms with Crippen LogP contribution >= 0.6 is 12.2 Å². The first-order valence-corrected chi connectivity index (χ1v) is 9.90. The maximum Gasteiger partial charge on any atom is 0.413 e. The fraction of sp³-hybridized carbons (Fsp3) is 0.524. The SMILES string of the molecule is CC(C)(C)OC(=O)c1ccccc1OC(=O)NC(CCC(N)=S)C(=O)OC(C)(C)C. The summed E-state index contributed by atoms with van der Waals surface area (Å²) < 4.78 is 15.9. The van der Waals surface area contributed by atoms with E-state index in [0.717, 1.165) is 0 Å². The number of nitrogens with one attached hydrogen (secondary N) is 1. The lowest BCUT2D eigenvalue weighted by molar-refractivity contribution is -0.157. The number of benzene rings is 1. The van der Waals surface area contributed by atoms with Gasteiger partial charge in [-0.2, -0.15) is 0 Å². The molecule has 1 aromatic carbocycles. The van der Waals surface area contributed by atoms with Crippen LogP contribution < -0.4 is 15.8 Å². The van der Waals surface area contributed by atoms with Crippen LogP contribution in [0.4, 0.5) is 4.79 Å². The number of carbonyl (C=O) groups excluding carboxylic acids is 3. The molecular weight excluding hydrogens is 408 g/mol. The predicted molar refractivity (Wildman–Crippen MR) is 116 cm³/mol. The second-order valence-electron chi connectivity index (χ2n) is 8.62. The minimum absolute atomic E-state index is 0.00142. The van der Waals surface area contributed by atoms with Crippen LogP contribution in [0.1, 0.15) is 64.7 Å². The molecule has 30 heavy (non-hydrogen) atoms. The van der Waals surface area contributed by atoms with E-state index in [1.54, 1.807) is 53.7 Å². The second kappa shape index (κ2) is 10.4. The lowest BCUT2D eigenvalue weighted by Crippen LogP contribution is -2.45. The van der Waals surface area contributed by atoms with Crippen LogP contribution in [0.25, 0.3) is 0 Å². The fourth-order valence-corrected chi connectivity index (χ4v) is 2.36. The van der Waals surface area contributed by atoms with Gasteiger partial charge in [-0.1, -0.05) is 24.4 Å².